The highest BCUT2D eigenvalue weighted by Crippen LogP contribution is 2.36. The summed E-state index contributed by atoms with van der Waals surface area (Å²) < 4.78 is 2.13. The van der Waals surface area contributed by atoms with Gasteiger partial charge in [0.25, 0.3) is 5.91 Å². The van der Waals surface area contributed by atoms with Gasteiger partial charge >= 0.3 is 0 Å². The first-order chi connectivity index (χ1) is 8.79. The molecule has 1 aliphatic carbocycles. The fourth-order valence-corrected chi connectivity index (χ4v) is 2.73. The van der Waals surface area contributed by atoms with Crippen LogP contribution in [0.4, 0.5) is 0 Å². The summed E-state index contributed by atoms with van der Waals surface area (Å²) in [5.74, 6) is 0.535. The fourth-order valence-electron chi connectivity index (χ4n) is 2.73. The van der Waals surface area contributed by atoms with Crippen LogP contribution >= 0.6 is 0 Å². The van der Waals surface area contributed by atoms with E-state index in [9.17, 15) is 4.79 Å². The number of aliphatic hydroxyl groups is 1. The number of aliphatic hydroxyl groups excluding tert-OH is 1. The number of amides is 1. The molecule has 98 valence electrons. The average molecular weight is 248 g/mol. The third-order valence-corrected chi connectivity index (χ3v) is 4.10. The minimum atomic E-state index is 0.156. The molecule has 1 saturated carbocycles. The maximum atomic E-state index is 12.5. The summed E-state index contributed by atoms with van der Waals surface area (Å²) in [5, 5.41) is 9.12. The Labute approximate surface area is 107 Å². The molecule has 0 bridgehead atoms. The Morgan fingerprint density at radius 3 is 2.61 bits per heavy atom. The van der Waals surface area contributed by atoms with Crippen molar-refractivity contribution in [2.45, 2.75) is 31.7 Å². The van der Waals surface area contributed by atoms with Gasteiger partial charge in [0, 0.05) is 31.9 Å². The number of carbonyl (C=O) groups is 1. The molecule has 1 saturated heterocycles. The van der Waals surface area contributed by atoms with E-state index in [0.29, 0.717) is 12.0 Å². The minimum Gasteiger partial charge on any atom is -0.396 e. The van der Waals surface area contributed by atoms with Gasteiger partial charge in [0.1, 0.15) is 5.69 Å². The SMILES string of the molecule is O=C(c1cccn1C1CC1)N1CCC(CO)CC1. The Bertz CT molecular complexity index is 429. The standard InChI is InChI=1S/C14H20N2O2/c17-10-11-5-8-15(9-6-11)14(18)13-2-1-7-16(13)12-3-4-12/h1-2,7,11-12,17H,3-6,8-10H2. The summed E-state index contributed by atoms with van der Waals surface area (Å²) >= 11 is 0. The van der Waals surface area contributed by atoms with Gasteiger partial charge in [-0.05, 0) is 43.7 Å². The zero-order valence-electron chi connectivity index (χ0n) is 10.6. The van der Waals surface area contributed by atoms with Crippen LogP contribution in [0.1, 0.15) is 42.2 Å². The normalized spacial score (nSPS) is 21.3. The average Bonchev–Trinajstić information content (AvgIpc) is 3.15. The third-order valence-electron chi connectivity index (χ3n) is 4.10. The van der Waals surface area contributed by atoms with Crippen LogP contribution in [-0.4, -0.2) is 40.2 Å². The number of likely N-dealkylation sites (tertiary alicyclic amines) is 1. The van der Waals surface area contributed by atoms with Crippen molar-refractivity contribution in [2.75, 3.05) is 19.7 Å². The number of piperidine rings is 1. The molecule has 1 aliphatic heterocycles. The van der Waals surface area contributed by atoms with Crippen molar-refractivity contribution >= 4 is 5.91 Å². The lowest BCUT2D eigenvalue weighted by atomic mass is 9.98. The number of rotatable bonds is 3. The maximum Gasteiger partial charge on any atom is 0.270 e. The van der Waals surface area contributed by atoms with Crippen LogP contribution in [-0.2, 0) is 0 Å². The van der Waals surface area contributed by atoms with Crippen molar-refractivity contribution < 1.29 is 9.90 Å². The molecular weight excluding hydrogens is 228 g/mol. The molecule has 2 aliphatic rings. The smallest absolute Gasteiger partial charge is 0.270 e. The van der Waals surface area contributed by atoms with E-state index in [0.717, 1.165) is 31.6 Å². The first-order valence-corrected chi connectivity index (χ1v) is 6.86. The molecule has 2 fully saturated rings. The van der Waals surface area contributed by atoms with E-state index in [2.05, 4.69) is 4.57 Å². The topological polar surface area (TPSA) is 45.5 Å². The second-order valence-electron chi connectivity index (χ2n) is 5.45. The van der Waals surface area contributed by atoms with Crippen molar-refractivity contribution in [3.8, 4) is 0 Å². The molecule has 2 heterocycles. The summed E-state index contributed by atoms with van der Waals surface area (Å²) in [4.78, 5) is 14.4. The Hall–Kier alpha value is -1.29. The van der Waals surface area contributed by atoms with Crippen LogP contribution in [0.3, 0.4) is 0 Å². The van der Waals surface area contributed by atoms with E-state index in [-0.39, 0.29) is 12.5 Å². The maximum absolute atomic E-state index is 12.5. The molecule has 1 aromatic heterocycles. The molecule has 0 radical (unpaired) electrons. The Morgan fingerprint density at radius 1 is 1.28 bits per heavy atom. The van der Waals surface area contributed by atoms with Crippen molar-refractivity contribution in [3.63, 3.8) is 0 Å². The van der Waals surface area contributed by atoms with Crippen molar-refractivity contribution in [1.29, 1.82) is 0 Å². The molecule has 0 atom stereocenters. The fraction of sp³-hybridized carbons (Fsp3) is 0.643. The second kappa shape index (κ2) is 4.76. The summed E-state index contributed by atoms with van der Waals surface area (Å²) in [7, 11) is 0. The largest absolute Gasteiger partial charge is 0.396 e. The van der Waals surface area contributed by atoms with E-state index in [1.165, 1.54) is 12.8 Å². The Morgan fingerprint density at radius 2 is 2.00 bits per heavy atom. The molecule has 18 heavy (non-hydrogen) atoms. The van der Waals surface area contributed by atoms with E-state index >= 15 is 0 Å². The predicted molar refractivity (Wildman–Crippen MR) is 68.4 cm³/mol. The lowest BCUT2D eigenvalue weighted by Gasteiger charge is -2.31. The molecule has 4 heteroatoms. The third kappa shape index (κ3) is 2.17. The first-order valence-electron chi connectivity index (χ1n) is 6.86. The van der Waals surface area contributed by atoms with Gasteiger partial charge in [-0.2, -0.15) is 0 Å². The molecule has 1 N–H and O–H groups in total. The number of nitrogens with zero attached hydrogens (tertiary/aromatic N) is 2. The summed E-state index contributed by atoms with van der Waals surface area (Å²) in [6.07, 6.45) is 6.26. The van der Waals surface area contributed by atoms with E-state index < -0.39 is 0 Å². The van der Waals surface area contributed by atoms with E-state index in [1.807, 2.05) is 23.2 Å². The number of aromatic nitrogens is 1. The predicted octanol–water partition coefficient (Wildman–Crippen LogP) is 1.67. The number of hydrogen-bond donors (Lipinski definition) is 1. The lowest BCUT2D eigenvalue weighted by molar-refractivity contribution is 0.0640. The van der Waals surface area contributed by atoms with Crippen LogP contribution in [0.5, 0.6) is 0 Å². The van der Waals surface area contributed by atoms with Crippen LogP contribution in [0.25, 0.3) is 0 Å². The summed E-state index contributed by atoms with van der Waals surface area (Å²) in [5.41, 5.74) is 0.833. The van der Waals surface area contributed by atoms with Gasteiger partial charge in [0.05, 0.1) is 0 Å². The number of hydrogen-bond acceptors (Lipinski definition) is 2. The van der Waals surface area contributed by atoms with Crippen LogP contribution < -0.4 is 0 Å². The molecule has 4 nitrogen and oxygen atoms in total. The van der Waals surface area contributed by atoms with Gasteiger partial charge in [0.2, 0.25) is 0 Å². The zero-order chi connectivity index (χ0) is 12.5. The van der Waals surface area contributed by atoms with Crippen LogP contribution in [0.2, 0.25) is 0 Å². The highest BCUT2D eigenvalue weighted by atomic mass is 16.3. The zero-order valence-corrected chi connectivity index (χ0v) is 10.6. The van der Waals surface area contributed by atoms with E-state index in [4.69, 9.17) is 5.11 Å². The molecule has 0 unspecified atom stereocenters. The van der Waals surface area contributed by atoms with Gasteiger partial charge in [-0.25, -0.2) is 0 Å². The highest BCUT2D eigenvalue weighted by Gasteiger charge is 2.29. The van der Waals surface area contributed by atoms with Gasteiger partial charge < -0.3 is 14.6 Å². The van der Waals surface area contributed by atoms with Crippen molar-refractivity contribution in [3.05, 3.63) is 24.0 Å². The highest BCUT2D eigenvalue weighted by molar-refractivity contribution is 5.93. The Balaban J connectivity index is 1.69. The van der Waals surface area contributed by atoms with E-state index in [1.54, 1.807) is 0 Å². The van der Waals surface area contributed by atoms with Crippen molar-refractivity contribution in [2.24, 2.45) is 5.92 Å². The Kier molecular flexibility index (Phi) is 3.12. The summed E-state index contributed by atoms with van der Waals surface area (Å²) in [6, 6.07) is 4.44. The van der Waals surface area contributed by atoms with Gasteiger partial charge in [-0.3, -0.25) is 4.79 Å². The quantitative estimate of drug-likeness (QED) is 0.884. The van der Waals surface area contributed by atoms with Crippen LogP contribution in [0, 0.1) is 5.92 Å². The molecule has 0 spiro atoms. The molecular formula is C14H20N2O2. The molecule has 1 amide bonds. The van der Waals surface area contributed by atoms with Gasteiger partial charge in [-0.1, -0.05) is 0 Å². The molecule has 0 aromatic carbocycles. The molecule has 3 rings (SSSR count). The monoisotopic (exact) mass is 248 g/mol. The number of carbonyl (C=O) groups excluding carboxylic acids is 1. The second-order valence-corrected chi connectivity index (χ2v) is 5.45. The van der Waals surface area contributed by atoms with Gasteiger partial charge in [-0.15, -0.1) is 0 Å². The molecule has 1 aromatic rings. The minimum absolute atomic E-state index is 0.156. The van der Waals surface area contributed by atoms with Crippen LogP contribution in [0.15, 0.2) is 18.3 Å². The first kappa shape index (κ1) is 11.8. The lowest BCUT2D eigenvalue weighted by Crippen LogP contribution is -2.39. The van der Waals surface area contributed by atoms with Gasteiger partial charge in [0.15, 0.2) is 0 Å². The van der Waals surface area contributed by atoms with Crippen molar-refractivity contribution in [1.82, 2.24) is 9.47 Å². The summed E-state index contributed by atoms with van der Waals surface area (Å²) in [6.45, 7) is 1.81.